The van der Waals surface area contributed by atoms with Gasteiger partial charge in [0.1, 0.15) is 9.88 Å². The van der Waals surface area contributed by atoms with E-state index in [-0.39, 0.29) is 11.8 Å². The van der Waals surface area contributed by atoms with Crippen LogP contribution in [-0.2, 0) is 0 Å². The van der Waals surface area contributed by atoms with Gasteiger partial charge in [-0.1, -0.05) is 29.8 Å². The molecular weight excluding hydrogens is 414 g/mol. The molecule has 2 aromatic heterocycles. The summed E-state index contributed by atoms with van der Waals surface area (Å²) in [5.74, 6) is 0.0273. The molecule has 28 heavy (non-hydrogen) atoms. The molecule has 3 aromatic rings. The molecule has 5 nitrogen and oxygen atoms in total. The number of halogens is 1. The van der Waals surface area contributed by atoms with Crippen molar-refractivity contribution in [2.45, 2.75) is 6.92 Å². The molecule has 4 rings (SSSR count). The van der Waals surface area contributed by atoms with Gasteiger partial charge in [-0.2, -0.15) is 0 Å². The maximum atomic E-state index is 13.0. The summed E-state index contributed by atoms with van der Waals surface area (Å²) in [6.45, 7) is 4.02. The minimum atomic E-state index is -0.0153. The number of hydrogen-bond donors (Lipinski definition) is 0. The van der Waals surface area contributed by atoms with E-state index in [9.17, 15) is 9.59 Å². The normalized spacial score (nSPS) is 14.4. The fraction of sp³-hybridized carbons (Fsp3) is 0.250. The SMILES string of the molecule is Cc1nc(-c2ccc(Cl)cc2)sc1C(=O)N1CCN(C(=O)c2cccs2)CC1. The molecule has 144 valence electrons. The van der Waals surface area contributed by atoms with E-state index in [0.29, 0.717) is 36.1 Å². The van der Waals surface area contributed by atoms with Gasteiger partial charge >= 0.3 is 0 Å². The second-order valence-electron chi connectivity index (χ2n) is 6.50. The first-order valence-corrected chi connectivity index (χ1v) is 11.0. The number of piperazine rings is 1. The number of hydrogen-bond acceptors (Lipinski definition) is 5. The highest BCUT2D eigenvalue weighted by Crippen LogP contribution is 2.30. The molecule has 2 amide bonds. The van der Waals surface area contributed by atoms with Crippen molar-refractivity contribution in [1.82, 2.24) is 14.8 Å². The van der Waals surface area contributed by atoms with Gasteiger partial charge in [-0.05, 0) is 30.5 Å². The van der Waals surface area contributed by atoms with Crippen molar-refractivity contribution in [3.63, 3.8) is 0 Å². The molecule has 1 fully saturated rings. The van der Waals surface area contributed by atoms with Crippen LogP contribution in [0.2, 0.25) is 5.02 Å². The van der Waals surface area contributed by atoms with Crippen LogP contribution in [0.4, 0.5) is 0 Å². The molecular formula is C20H18ClN3O2S2. The number of amides is 2. The Morgan fingerprint density at radius 1 is 1.00 bits per heavy atom. The van der Waals surface area contributed by atoms with Crippen molar-refractivity contribution < 1.29 is 9.59 Å². The molecule has 0 spiro atoms. The molecule has 3 heterocycles. The van der Waals surface area contributed by atoms with Gasteiger partial charge in [0.05, 0.1) is 10.6 Å². The number of nitrogens with zero attached hydrogens (tertiary/aromatic N) is 3. The Bertz CT molecular complexity index is 991. The van der Waals surface area contributed by atoms with Gasteiger partial charge in [0, 0.05) is 36.8 Å². The summed E-state index contributed by atoms with van der Waals surface area (Å²) < 4.78 is 0. The van der Waals surface area contributed by atoms with Gasteiger partial charge in [0.2, 0.25) is 0 Å². The van der Waals surface area contributed by atoms with Crippen LogP contribution >= 0.6 is 34.3 Å². The van der Waals surface area contributed by atoms with E-state index < -0.39 is 0 Å². The predicted octanol–water partition coefficient (Wildman–Crippen LogP) is 4.43. The molecule has 0 saturated carbocycles. The van der Waals surface area contributed by atoms with Gasteiger partial charge in [-0.15, -0.1) is 22.7 Å². The third-order valence-corrected chi connectivity index (χ3v) is 6.97. The second-order valence-corrected chi connectivity index (χ2v) is 8.89. The first-order chi connectivity index (χ1) is 13.5. The van der Waals surface area contributed by atoms with Gasteiger partial charge in [0.25, 0.3) is 11.8 Å². The Kier molecular flexibility index (Phi) is 5.48. The Morgan fingerprint density at radius 2 is 1.64 bits per heavy atom. The van der Waals surface area contributed by atoms with Crippen molar-refractivity contribution in [2.24, 2.45) is 0 Å². The number of benzene rings is 1. The lowest BCUT2D eigenvalue weighted by Gasteiger charge is -2.34. The number of thiophene rings is 1. The van der Waals surface area contributed by atoms with E-state index in [4.69, 9.17) is 11.6 Å². The molecule has 1 aromatic carbocycles. The summed E-state index contributed by atoms with van der Waals surface area (Å²) in [7, 11) is 0. The van der Waals surface area contributed by atoms with Crippen LogP contribution in [-0.4, -0.2) is 52.8 Å². The van der Waals surface area contributed by atoms with E-state index in [1.165, 1.54) is 22.7 Å². The number of carbonyl (C=O) groups is 2. The molecule has 0 unspecified atom stereocenters. The number of aryl methyl sites for hydroxylation is 1. The van der Waals surface area contributed by atoms with Crippen LogP contribution in [0, 0.1) is 6.92 Å². The highest BCUT2D eigenvalue weighted by Gasteiger charge is 2.28. The first-order valence-electron chi connectivity index (χ1n) is 8.88. The fourth-order valence-corrected chi connectivity index (χ4v) is 4.98. The Hall–Kier alpha value is -2.22. The molecule has 0 radical (unpaired) electrons. The van der Waals surface area contributed by atoms with Gasteiger partial charge in [-0.3, -0.25) is 9.59 Å². The van der Waals surface area contributed by atoms with Crippen LogP contribution in [0.15, 0.2) is 41.8 Å². The van der Waals surface area contributed by atoms with Crippen LogP contribution in [0.1, 0.15) is 25.0 Å². The zero-order valence-corrected chi connectivity index (χ0v) is 17.6. The molecule has 1 saturated heterocycles. The summed E-state index contributed by atoms with van der Waals surface area (Å²) in [5, 5.41) is 3.38. The third kappa shape index (κ3) is 3.83. The number of thiazole rings is 1. The number of aromatic nitrogens is 1. The Balaban J connectivity index is 1.44. The van der Waals surface area contributed by atoms with Crippen LogP contribution in [0.5, 0.6) is 0 Å². The zero-order chi connectivity index (χ0) is 19.7. The maximum Gasteiger partial charge on any atom is 0.265 e. The molecule has 0 bridgehead atoms. The first kappa shape index (κ1) is 19.1. The summed E-state index contributed by atoms with van der Waals surface area (Å²) in [4.78, 5) is 35.0. The lowest BCUT2D eigenvalue weighted by molar-refractivity contribution is 0.0540. The molecule has 0 aliphatic carbocycles. The minimum Gasteiger partial charge on any atom is -0.334 e. The van der Waals surface area contributed by atoms with Crippen molar-refractivity contribution >= 4 is 46.1 Å². The molecule has 8 heteroatoms. The second kappa shape index (κ2) is 8.03. The van der Waals surface area contributed by atoms with Crippen molar-refractivity contribution in [1.29, 1.82) is 0 Å². The van der Waals surface area contributed by atoms with E-state index in [1.54, 1.807) is 0 Å². The summed E-state index contributed by atoms with van der Waals surface area (Å²) >= 11 is 8.80. The van der Waals surface area contributed by atoms with Gasteiger partial charge < -0.3 is 9.80 Å². The molecule has 0 atom stereocenters. The number of rotatable bonds is 3. The van der Waals surface area contributed by atoms with Crippen LogP contribution in [0.3, 0.4) is 0 Å². The monoisotopic (exact) mass is 431 g/mol. The maximum absolute atomic E-state index is 13.0. The van der Waals surface area contributed by atoms with Gasteiger partial charge in [-0.25, -0.2) is 4.98 Å². The smallest absolute Gasteiger partial charge is 0.265 e. The molecule has 0 N–H and O–H groups in total. The van der Waals surface area contributed by atoms with Crippen LogP contribution in [0.25, 0.3) is 10.6 Å². The topological polar surface area (TPSA) is 53.5 Å². The zero-order valence-electron chi connectivity index (χ0n) is 15.2. The fourth-order valence-electron chi connectivity index (χ4n) is 3.12. The predicted molar refractivity (Wildman–Crippen MR) is 113 cm³/mol. The molecule has 1 aliphatic heterocycles. The van der Waals surface area contributed by atoms with Crippen molar-refractivity contribution in [3.8, 4) is 10.6 Å². The average molecular weight is 432 g/mol. The van der Waals surface area contributed by atoms with E-state index in [1.807, 2.05) is 58.5 Å². The number of carbonyl (C=O) groups excluding carboxylic acids is 2. The quantitative estimate of drug-likeness (QED) is 0.616. The van der Waals surface area contributed by atoms with Crippen molar-refractivity contribution in [3.05, 3.63) is 62.2 Å². The van der Waals surface area contributed by atoms with E-state index >= 15 is 0 Å². The third-order valence-electron chi connectivity index (χ3n) is 4.67. The Labute approximate surface area is 176 Å². The Morgan fingerprint density at radius 3 is 2.25 bits per heavy atom. The summed E-state index contributed by atoms with van der Waals surface area (Å²) in [5.41, 5.74) is 1.68. The summed E-state index contributed by atoms with van der Waals surface area (Å²) in [6.07, 6.45) is 0. The molecule has 1 aliphatic rings. The average Bonchev–Trinajstić information content (AvgIpc) is 3.38. The van der Waals surface area contributed by atoms with E-state index in [2.05, 4.69) is 4.98 Å². The summed E-state index contributed by atoms with van der Waals surface area (Å²) in [6, 6.07) is 11.2. The highest BCUT2D eigenvalue weighted by atomic mass is 35.5. The van der Waals surface area contributed by atoms with E-state index in [0.717, 1.165) is 21.1 Å². The van der Waals surface area contributed by atoms with Crippen molar-refractivity contribution in [2.75, 3.05) is 26.2 Å². The highest BCUT2D eigenvalue weighted by molar-refractivity contribution is 7.17. The van der Waals surface area contributed by atoms with Gasteiger partial charge in [0.15, 0.2) is 0 Å². The van der Waals surface area contributed by atoms with Crippen LogP contribution < -0.4 is 0 Å². The largest absolute Gasteiger partial charge is 0.334 e. The lowest BCUT2D eigenvalue weighted by atomic mass is 10.2. The minimum absolute atomic E-state index is 0.0153. The standard InChI is InChI=1S/C20H18ClN3O2S2/c1-13-17(28-18(22-13)14-4-6-15(21)7-5-14)20(26)24-10-8-23(9-11-24)19(25)16-3-2-12-27-16/h2-7,12H,8-11H2,1H3. The lowest BCUT2D eigenvalue weighted by Crippen LogP contribution is -2.50.